The van der Waals surface area contributed by atoms with E-state index in [2.05, 4.69) is 30.2 Å². The van der Waals surface area contributed by atoms with Gasteiger partial charge in [-0.15, -0.1) is 0 Å². The van der Waals surface area contributed by atoms with Crippen LogP contribution >= 0.6 is 0 Å². The lowest BCUT2D eigenvalue weighted by molar-refractivity contribution is 0.601. The Morgan fingerprint density at radius 2 is 1.86 bits per heavy atom. The van der Waals surface area contributed by atoms with Gasteiger partial charge in [-0.05, 0) is 68.5 Å². The number of benzene rings is 1. The summed E-state index contributed by atoms with van der Waals surface area (Å²) in [5.41, 5.74) is 10.5. The predicted molar refractivity (Wildman–Crippen MR) is 146 cm³/mol. The van der Waals surface area contributed by atoms with Crippen molar-refractivity contribution in [2.75, 3.05) is 6.54 Å². The molecule has 1 aromatic carbocycles. The number of amidine groups is 1. The van der Waals surface area contributed by atoms with E-state index in [-0.39, 0.29) is 11.7 Å². The molecule has 3 N–H and O–H groups in total. The fourth-order valence-corrected chi connectivity index (χ4v) is 3.74. The molecule has 0 bridgehead atoms. The van der Waals surface area contributed by atoms with Crippen molar-refractivity contribution in [2.24, 2.45) is 21.6 Å². The van der Waals surface area contributed by atoms with E-state index >= 15 is 0 Å². The molecule has 0 spiro atoms. The van der Waals surface area contributed by atoms with Gasteiger partial charge in [0.2, 0.25) is 0 Å². The van der Waals surface area contributed by atoms with E-state index in [0.717, 1.165) is 49.1 Å². The molecule has 2 aromatic rings. The molecule has 0 fully saturated rings. The quantitative estimate of drug-likeness (QED) is 0.200. The van der Waals surface area contributed by atoms with Crippen molar-refractivity contribution >= 4 is 11.5 Å². The van der Waals surface area contributed by atoms with Gasteiger partial charge >= 0.3 is 0 Å². The van der Waals surface area contributed by atoms with E-state index < -0.39 is 0 Å². The Bertz CT molecular complexity index is 1020. The van der Waals surface area contributed by atoms with Crippen molar-refractivity contribution in [1.29, 1.82) is 0 Å². The van der Waals surface area contributed by atoms with Gasteiger partial charge in [0.15, 0.2) is 0 Å². The van der Waals surface area contributed by atoms with Gasteiger partial charge in [-0.25, -0.2) is 9.38 Å². The number of halogens is 1. The van der Waals surface area contributed by atoms with Gasteiger partial charge in [-0.3, -0.25) is 9.98 Å². The fourth-order valence-electron chi connectivity index (χ4n) is 3.74. The molecule has 1 aromatic heterocycles. The molecular formula is C29H40FN5. The molecule has 0 aliphatic carbocycles. The van der Waals surface area contributed by atoms with Gasteiger partial charge in [0.25, 0.3) is 0 Å². The lowest BCUT2D eigenvalue weighted by Crippen LogP contribution is -2.14. The van der Waals surface area contributed by atoms with E-state index in [9.17, 15) is 4.39 Å². The second-order valence-electron chi connectivity index (χ2n) is 9.01. The van der Waals surface area contributed by atoms with Crippen LogP contribution in [0.2, 0.25) is 0 Å². The number of allylic oxidation sites excluding steroid dienone is 2. The van der Waals surface area contributed by atoms with E-state index in [4.69, 9.17) is 15.7 Å². The van der Waals surface area contributed by atoms with Crippen LogP contribution in [0.5, 0.6) is 0 Å². The number of aryl methyl sites for hydroxylation is 1. The number of unbranched alkanes of at least 4 members (excludes halogenated alkanes) is 3. The molecular weight excluding hydrogens is 437 g/mol. The van der Waals surface area contributed by atoms with Crippen molar-refractivity contribution in [3.63, 3.8) is 0 Å². The average molecular weight is 478 g/mol. The highest BCUT2D eigenvalue weighted by atomic mass is 19.1. The van der Waals surface area contributed by atoms with E-state index in [0.29, 0.717) is 24.5 Å². The zero-order chi connectivity index (χ0) is 25.5. The molecule has 0 aliphatic rings. The topological polar surface area (TPSA) is 75.7 Å². The van der Waals surface area contributed by atoms with Gasteiger partial charge < -0.3 is 11.1 Å². The first-order chi connectivity index (χ1) is 16.9. The summed E-state index contributed by atoms with van der Waals surface area (Å²) in [6.45, 7) is 9.21. The SMILES string of the molecule is CC(=NC(/C=C(\C)NCc1ccccc1F)=NCCCCCCc1cccnc1)/C(=C\N)C(C)C. The molecule has 35 heavy (non-hydrogen) atoms. The third-order valence-corrected chi connectivity index (χ3v) is 5.73. The number of nitrogens with one attached hydrogen (secondary N) is 1. The van der Waals surface area contributed by atoms with E-state index in [1.54, 1.807) is 18.3 Å². The van der Waals surface area contributed by atoms with Gasteiger partial charge in [0.05, 0.1) is 0 Å². The van der Waals surface area contributed by atoms with Gasteiger partial charge in [0, 0.05) is 48.5 Å². The monoisotopic (exact) mass is 477 g/mol. The molecule has 1 heterocycles. The first-order valence-electron chi connectivity index (χ1n) is 12.5. The third kappa shape index (κ3) is 10.7. The number of hydrogen-bond donors (Lipinski definition) is 2. The number of aliphatic imine (C=N–C) groups is 2. The second-order valence-corrected chi connectivity index (χ2v) is 9.01. The molecule has 188 valence electrons. The van der Waals surface area contributed by atoms with Crippen molar-refractivity contribution in [2.45, 2.75) is 66.3 Å². The molecule has 2 rings (SSSR count). The number of hydrogen-bond acceptors (Lipinski definition) is 4. The first-order valence-corrected chi connectivity index (χ1v) is 12.5. The summed E-state index contributed by atoms with van der Waals surface area (Å²) in [7, 11) is 0. The molecule has 0 aliphatic heterocycles. The Kier molecular flexibility index (Phi) is 12.5. The molecule has 0 saturated heterocycles. The maximum atomic E-state index is 13.9. The highest BCUT2D eigenvalue weighted by molar-refractivity contribution is 6.09. The number of rotatable bonds is 13. The van der Waals surface area contributed by atoms with Crippen LogP contribution in [0.15, 0.2) is 82.3 Å². The molecule has 0 saturated carbocycles. The minimum Gasteiger partial charge on any atom is -0.404 e. The minimum atomic E-state index is -0.214. The summed E-state index contributed by atoms with van der Waals surface area (Å²) in [6.07, 6.45) is 12.8. The number of pyridine rings is 1. The maximum Gasteiger partial charge on any atom is 0.149 e. The molecule has 0 atom stereocenters. The Morgan fingerprint density at radius 3 is 2.54 bits per heavy atom. The summed E-state index contributed by atoms with van der Waals surface area (Å²) in [5, 5.41) is 3.27. The standard InChI is InChI=1S/C29H40FN5/c1-22(2)27(19-31)24(4)35-29(18-23(3)34-21-26-14-8-9-15-28(26)30)33-17-10-6-5-7-12-25-13-11-16-32-20-25/h8-9,11,13-16,18-20,22,34H,5-7,10,12,17,21,31H2,1-4H3/b23-18+,27-19-,33-29?,35-24?. The van der Waals surface area contributed by atoms with Crippen LogP contribution in [0.1, 0.15) is 64.5 Å². The average Bonchev–Trinajstić information content (AvgIpc) is 2.83. The second kappa shape index (κ2) is 15.6. The lowest BCUT2D eigenvalue weighted by atomic mass is 10.0. The van der Waals surface area contributed by atoms with Crippen molar-refractivity contribution < 1.29 is 4.39 Å². The third-order valence-electron chi connectivity index (χ3n) is 5.73. The highest BCUT2D eigenvalue weighted by Gasteiger charge is 2.08. The number of nitrogens with zero attached hydrogens (tertiary/aromatic N) is 3. The Hall–Kier alpha value is -3.28. The largest absolute Gasteiger partial charge is 0.404 e. The van der Waals surface area contributed by atoms with Crippen LogP contribution < -0.4 is 11.1 Å². The fraction of sp³-hybridized carbons (Fsp3) is 0.414. The Morgan fingerprint density at radius 1 is 1.09 bits per heavy atom. The minimum absolute atomic E-state index is 0.214. The smallest absolute Gasteiger partial charge is 0.149 e. The van der Waals surface area contributed by atoms with Crippen LogP contribution in [0.25, 0.3) is 0 Å². The summed E-state index contributed by atoms with van der Waals surface area (Å²) < 4.78 is 13.9. The molecule has 5 nitrogen and oxygen atoms in total. The van der Waals surface area contributed by atoms with Gasteiger partial charge in [-0.1, -0.05) is 51.0 Å². The highest BCUT2D eigenvalue weighted by Crippen LogP contribution is 2.12. The van der Waals surface area contributed by atoms with Crippen LogP contribution in [-0.4, -0.2) is 23.1 Å². The predicted octanol–water partition coefficient (Wildman–Crippen LogP) is 6.38. The zero-order valence-corrected chi connectivity index (χ0v) is 21.6. The molecule has 0 unspecified atom stereocenters. The summed E-state index contributed by atoms with van der Waals surface area (Å²) >= 11 is 0. The molecule has 0 amide bonds. The Labute approximate surface area is 210 Å². The summed E-state index contributed by atoms with van der Waals surface area (Å²) in [6, 6.07) is 10.9. The van der Waals surface area contributed by atoms with Crippen LogP contribution in [0, 0.1) is 11.7 Å². The van der Waals surface area contributed by atoms with Gasteiger partial charge in [-0.2, -0.15) is 0 Å². The Balaban J connectivity index is 1.98. The lowest BCUT2D eigenvalue weighted by Gasteiger charge is -2.11. The number of aromatic nitrogens is 1. The summed E-state index contributed by atoms with van der Waals surface area (Å²) in [4.78, 5) is 13.7. The van der Waals surface area contributed by atoms with Crippen molar-refractivity contribution in [3.8, 4) is 0 Å². The maximum absolute atomic E-state index is 13.9. The van der Waals surface area contributed by atoms with Crippen molar-refractivity contribution in [3.05, 3.63) is 89.3 Å². The zero-order valence-electron chi connectivity index (χ0n) is 21.6. The normalized spacial score (nSPS) is 13.4. The van der Waals surface area contributed by atoms with Crippen LogP contribution in [0.3, 0.4) is 0 Å². The van der Waals surface area contributed by atoms with Crippen LogP contribution in [-0.2, 0) is 13.0 Å². The number of nitrogens with two attached hydrogens (primary N) is 1. The van der Waals surface area contributed by atoms with Crippen LogP contribution in [0.4, 0.5) is 4.39 Å². The van der Waals surface area contributed by atoms with E-state index in [1.165, 1.54) is 11.6 Å². The molecule has 6 heteroatoms. The molecule has 0 radical (unpaired) electrons. The van der Waals surface area contributed by atoms with E-state index in [1.807, 2.05) is 44.4 Å². The summed E-state index contributed by atoms with van der Waals surface area (Å²) in [5.74, 6) is 0.708. The van der Waals surface area contributed by atoms with Crippen molar-refractivity contribution in [1.82, 2.24) is 10.3 Å². The van der Waals surface area contributed by atoms with Gasteiger partial charge in [0.1, 0.15) is 11.7 Å². The first kappa shape index (κ1) is 28.0.